The van der Waals surface area contributed by atoms with Crippen molar-refractivity contribution < 1.29 is 18.7 Å². The monoisotopic (exact) mass is 329 g/mol. The average molecular weight is 329 g/mol. The van der Waals surface area contributed by atoms with Crippen LogP contribution >= 0.6 is 0 Å². The van der Waals surface area contributed by atoms with E-state index in [-0.39, 0.29) is 23.3 Å². The van der Waals surface area contributed by atoms with Gasteiger partial charge in [-0.2, -0.15) is 0 Å². The number of fused-ring (bicyclic) bond motifs is 1. The fourth-order valence-corrected chi connectivity index (χ4v) is 3.12. The van der Waals surface area contributed by atoms with E-state index in [9.17, 15) is 9.18 Å². The average Bonchev–Trinajstić information content (AvgIpc) is 2.61. The minimum atomic E-state index is -0.543. The fourth-order valence-electron chi connectivity index (χ4n) is 3.12. The van der Waals surface area contributed by atoms with Crippen molar-refractivity contribution in [2.45, 2.75) is 25.3 Å². The van der Waals surface area contributed by atoms with Crippen LogP contribution in [0, 0.1) is 5.82 Å². The SMILES string of the molecule is COc1ccc2c(c1)CCC[C@@H]2NC(=O)c1ccc(OC)c(F)c1. The molecule has 0 bridgehead atoms. The summed E-state index contributed by atoms with van der Waals surface area (Å²) in [4.78, 5) is 12.5. The highest BCUT2D eigenvalue weighted by atomic mass is 19.1. The Balaban J connectivity index is 1.80. The van der Waals surface area contributed by atoms with Gasteiger partial charge in [-0.1, -0.05) is 6.07 Å². The number of methoxy groups -OCH3 is 2. The molecular formula is C19H20FNO3. The molecule has 2 aromatic carbocycles. The van der Waals surface area contributed by atoms with E-state index in [1.807, 2.05) is 18.2 Å². The summed E-state index contributed by atoms with van der Waals surface area (Å²) in [5.41, 5.74) is 2.57. The zero-order chi connectivity index (χ0) is 17.1. The molecule has 3 rings (SSSR count). The Bertz CT molecular complexity index is 760. The Kier molecular flexibility index (Phi) is 4.69. The summed E-state index contributed by atoms with van der Waals surface area (Å²) >= 11 is 0. The zero-order valence-corrected chi connectivity index (χ0v) is 13.8. The topological polar surface area (TPSA) is 47.6 Å². The number of carbonyl (C=O) groups excluding carboxylic acids is 1. The zero-order valence-electron chi connectivity index (χ0n) is 13.8. The van der Waals surface area contributed by atoms with Crippen LogP contribution in [0.5, 0.6) is 11.5 Å². The highest BCUT2D eigenvalue weighted by Crippen LogP contribution is 2.32. The lowest BCUT2D eigenvalue weighted by Gasteiger charge is -2.27. The van der Waals surface area contributed by atoms with Gasteiger partial charge >= 0.3 is 0 Å². The summed E-state index contributed by atoms with van der Waals surface area (Å²) in [6.45, 7) is 0. The van der Waals surface area contributed by atoms with E-state index >= 15 is 0 Å². The molecule has 0 heterocycles. The van der Waals surface area contributed by atoms with E-state index in [0.29, 0.717) is 0 Å². The first-order valence-electron chi connectivity index (χ1n) is 7.93. The number of nitrogens with one attached hydrogen (secondary N) is 1. The van der Waals surface area contributed by atoms with Gasteiger partial charge in [0.1, 0.15) is 5.75 Å². The van der Waals surface area contributed by atoms with Crippen LogP contribution in [0.15, 0.2) is 36.4 Å². The fraction of sp³-hybridized carbons (Fsp3) is 0.316. The van der Waals surface area contributed by atoms with Gasteiger partial charge < -0.3 is 14.8 Å². The summed E-state index contributed by atoms with van der Waals surface area (Å²) < 4.78 is 23.9. The van der Waals surface area contributed by atoms with Gasteiger partial charge in [-0.25, -0.2) is 4.39 Å². The van der Waals surface area contributed by atoms with E-state index in [0.717, 1.165) is 30.6 Å². The molecular weight excluding hydrogens is 309 g/mol. The van der Waals surface area contributed by atoms with Gasteiger partial charge in [0.2, 0.25) is 0 Å². The first-order chi connectivity index (χ1) is 11.6. The van der Waals surface area contributed by atoms with E-state index < -0.39 is 5.82 Å². The van der Waals surface area contributed by atoms with Crippen molar-refractivity contribution in [3.05, 3.63) is 58.9 Å². The minimum Gasteiger partial charge on any atom is -0.497 e. The number of ether oxygens (including phenoxy) is 2. The van der Waals surface area contributed by atoms with Crippen molar-refractivity contribution in [1.29, 1.82) is 0 Å². The molecule has 1 aliphatic carbocycles. The van der Waals surface area contributed by atoms with E-state index in [1.165, 1.54) is 24.8 Å². The summed E-state index contributed by atoms with van der Waals surface area (Å²) in [5.74, 6) is 0.115. The third-order valence-corrected chi connectivity index (χ3v) is 4.38. The van der Waals surface area contributed by atoms with Gasteiger partial charge in [-0.15, -0.1) is 0 Å². The van der Waals surface area contributed by atoms with Crippen molar-refractivity contribution in [1.82, 2.24) is 5.32 Å². The van der Waals surface area contributed by atoms with E-state index in [2.05, 4.69) is 5.32 Å². The highest BCUT2D eigenvalue weighted by Gasteiger charge is 2.23. The molecule has 0 spiro atoms. The van der Waals surface area contributed by atoms with Crippen LogP contribution in [-0.2, 0) is 6.42 Å². The van der Waals surface area contributed by atoms with Crippen LogP contribution in [0.25, 0.3) is 0 Å². The Morgan fingerprint density at radius 3 is 2.71 bits per heavy atom. The second-order valence-electron chi connectivity index (χ2n) is 5.83. The molecule has 1 N–H and O–H groups in total. The van der Waals surface area contributed by atoms with Gasteiger partial charge in [0.05, 0.1) is 20.3 Å². The van der Waals surface area contributed by atoms with Crippen molar-refractivity contribution in [3.63, 3.8) is 0 Å². The first-order valence-corrected chi connectivity index (χ1v) is 7.93. The Morgan fingerprint density at radius 2 is 2.00 bits per heavy atom. The molecule has 0 aromatic heterocycles. The standard InChI is InChI=1S/C19H20FNO3/c1-23-14-7-8-15-12(10-14)4-3-5-17(15)21-19(22)13-6-9-18(24-2)16(20)11-13/h6-11,17H,3-5H2,1-2H3,(H,21,22)/t17-/m0/s1. The molecule has 0 radical (unpaired) electrons. The first kappa shape index (κ1) is 16.3. The second kappa shape index (κ2) is 6.91. The molecule has 0 aliphatic heterocycles. The number of carbonyl (C=O) groups is 1. The van der Waals surface area contributed by atoms with Gasteiger partial charge in [0.25, 0.3) is 5.91 Å². The number of halogens is 1. The van der Waals surface area contributed by atoms with Crippen LogP contribution in [0.3, 0.4) is 0 Å². The van der Waals surface area contributed by atoms with Gasteiger partial charge in [0, 0.05) is 5.56 Å². The maximum Gasteiger partial charge on any atom is 0.251 e. The maximum absolute atomic E-state index is 13.8. The Morgan fingerprint density at radius 1 is 1.17 bits per heavy atom. The molecule has 1 amide bonds. The Hall–Kier alpha value is -2.56. The molecule has 24 heavy (non-hydrogen) atoms. The number of amides is 1. The van der Waals surface area contributed by atoms with Crippen LogP contribution in [0.1, 0.15) is 40.4 Å². The lowest BCUT2D eigenvalue weighted by atomic mass is 9.87. The van der Waals surface area contributed by atoms with Gasteiger partial charge in [-0.05, 0) is 60.7 Å². The quantitative estimate of drug-likeness (QED) is 0.931. The maximum atomic E-state index is 13.8. The van der Waals surface area contributed by atoms with Crippen molar-refractivity contribution in [3.8, 4) is 11.5 Å². The third-order valence-electron chi connectivity index (χ3n) is 4.38. The summed E-state index contributed by atoms with van der Waals surface area (Å²) in [7, 11) is 3.04. The predicted octanol–water partition coefficient (Wildman–Crippen LogP) is 3.65. The summed E-state index contributed by atoms with van der Waals surface area (Å²) in [5, 5.41) is 3.01. The van der Waals surface area contributed by atoms with Crippen LogP contribution in [0.4, 0.5) is 4.39 Å². The predicted molar refractivity (Wildman–Crippen MR) is 89.1 cm³/mol. The largest absolute Gasteiger partial charge is 0.497 e. The van der Waals surface area contributed by atoms with Crippen molar-refractivity contribution in [2.24, 2.45) is 0 Å². The molecule has 1 aliphatic rings. The van der Waals surface area contributed by atoms with Crippen molar-refractivity contribution >= 4 is 5.91 Å². The minimum absolute atomic E-state index is 0.0719. The number of aryl methyl sites for hydroxylation is 1. The van der Waals surface area contributed by atoms with E-state index in [4.69, 9.17) is 9.47 Å². The molecule has 0 saturated carbocycles. The number of benzene rings is 2. The Labute approximate surface area is 140 Å². The van der Waals surface area contributed by atoms with Crippen LogP contribution in [-0.4, -0.2) is 20.1 Å². The second-order valence-corrected chi connectivity index (χ2v) is 5.83. The molecule has 5 heteroatoms. The summed E-state index contributed by atoms with van der Waals surface area (Å²) in [6.07, 6.45) is 2.82. The normalized spacial score (nSPS) is 16.2. The molecule has 126 valence electrons. The molecule has 0 fully saturated rings. The third kappa shape index (κ3) is 3.20. The van der Waals surface area contributed by atoms with Gasteiger partial charge in [-0.3, -0.25) is 4.79 Å². The van der Waals surface area contributed by atoms with E-state index in [1.54, 1.807) is 13.2 Å². The lowest BCUT2D eigenvalue weighted by Crippen LogP contribution is -2.31. The lowest BCUT2D eigenvalue weighted by molar-refractivity contribution is 0.0932. The number of rotatable bonds is 4. The number of hydrogen-bond acceptors (Lipinski definition) is 3. The molecule has 1 atom stereocenters. The van der Waals surface area contributed by atoms with Crippen molar-refractivity contribution in [2.75, 3.05) is 14.2 Å². The van der Waals surface area contributed by atoms with Gasteiger partial charge in [0.15, 0.2) is 11.6 Å². The van der Waals surface area contributed by atoms with Crippen LogP contribution < -0.4 is 14.8 Å². The van der Waals surface area contributed by atoms with Crippen LogP contribution in [0.2, 0.25) is 0 Å². The summed E-state index contributed by atoms with van der Waals surface area (Å²) in [6, 6.07) is 10.1. The molecule has 2 aromatic rings. The molecule has 0 unspecified atom stereocenters. The molecule has 4 nitrogen and oxygen atoms in total. The highest BCUT2D eigenvalue weighted by molar-refractivity contribution is 5.94. The molecule has 0 saturated heterocycles. The smallest absolute Gasteiger partial charge is 0.251 e. The number of hydrogen-bond donors (Lipinski definition) is 1.